The van der Waals surface area contributed by atoms with Crippen LogP contribution in [0.4, 0.5) is 0 Å². The lowest BCUT2D eigenvalue weighted by molar-refractivity contribution is 0.174. The summed E-state index contributed by atoms with van der Waals surface area (Å²) in [6.07, 6.45) is 0.0700. The first-order valence-electron chi connectivity index (χ1n) is 6.31. The maximum atomic E-state index is 10.3. The van der Waals surface area contributed by atoms with Crippen molar-refractivity contribution >= 4 is 22.1 Å². The van der Waals surface area contributed by atoms with Crippen LogP contribution in [0.25, 0.3) is 10.8 Å². The number of thiazole rings is 1. The molecule has 0 saturated carbocycles. The van der Waals surface area contributed by atoms with Gasteiger partial charge in [0.15, 0.2) is 0 Å². The highest BCUT2D eigenvalue weighted by atomic mass is 32.1. The number of rotatable bonds is 3. The van der Waals surface area contributed by atoms with Crippen molar-refractivity contribution in [3.8, 4) is 0 Å². The third kappa shape index (κ3) is 2.53. The molecule has 0 fully saturated rings. The minimum Gasteiger partial charge on any atom is -0.386 e. The Morgan fingerprint density at radius 2 is 1.95 bits per heavy atom. The molecule has 0 amide bonds. The molecule has 0 aliphatic heterocycles. The molecule has 2 nitrogen and oxygen atoms in total. The van der Waals surface area contributed by atoms with Gasteiger partial charge in [-0.05, 0) is 23.3 Å². The number of fused-ring (bicyclic) bond motifs is 1. The second-order valence-corrected chi connectivity index (χ2v) is 5.71. The molecule has 0 aliphatic carbocycles. The molecule has 1 aromatic heterocycles. The van der Waals surface area contributed by atoms with Gasteiger partial charge in [0.25, 0.3) is 0 Å². The number of benzene rings is 2. The SMILES string of the molecule is Cc1nc(C(O)Cc2cccc3ccccc23)cs1. The van der Waals surface area contributed by atoms with E-state index in [2.05, 4.69) is 29.2 Å². The largest absolute Gasteiger partial charge is 0.386 e. The molecule has 0 saturated heterocycles. The average Bonchev–Trinajstić information content (AvgIpc) is 2.86. The first-order valence-corrected chi connectivity index (χ1v) is 7.19. The quantitative estimate of drug-likeness (QED) is 0.782. The highest BCUT2D eigenvalue weighted by Gasteiger charge is 2.13. The summed E-state index contributed by atoms with van der Waals surface area (Å²) in [7, 11) is 0. The zero-order valence-electron chi connectivity index (χ0n) is 10.7. The molecular weight excluding hydrogens is 254 g/mol. The van der Waals surface area contributed by atoms with Gasteiger partial charge < -0.3 is 5.11 Å². The number of nitrogens with zero attached hydrogens (tertiary/aromatic N) is 1. The lowest BCUT2D eigenvalue weighted by atomic mass is 9.99. The van der Waals surface area contributed by atoms with Crippen molar-refractivity contribution in [3.63, 3.8) is 0 Å². The molecule has 1 unspecified atom stereocenters. The molecule has 3 aromatic rings. The second kappa shape index (κ2) is 5.11. The molecule has 0 bridgehead atoms. The number of aromatic nitrogens is 1. The molecule has 3 heteroatoms. The fraction of sp³-hybridized carbons (Fsp3) is 0.188. The van der Waals surface area contributed by atoms with Gasteiger partial charge >= 0.3 is 0 Å². The minimum absolute atomic E-state index is 0.532. The topological polar surface area (TPSA) is 33.1 Å². The van der Waals surface area contributed by atoms with Crippen molar-refractivity contribution in [1.82, 2.24) is 4.98 Å². The second-order valence-electron chi connectivity index (χ2n) is 4.65. The van der Waals surface area contributed by atoms with Crippen LogP contribution in [-0.4, -0.2) is 10.1 Å². The van der Waals surface area contributed by atoms with E-state index in [1.165, 1.54) is 10.8 Å². The van der Waals surface area contributed by atoms with Crippen LogP contribution < -0.4 is 0 Å². The zero-order chi connectivity index (χ0) is 13.2. The Morgan fingerprint density at radius 3 is 2.74 bits per heavy atom. The van der Waals surface area contributed by atoms with Crippen molar-refractivity contribution in [3.05, 3.63) is 64.1 Å². The Bertz CT molecular complexity index is 699. The summed E-state index contributed by atoms with van der Waals surface area (Å²) in [6, 6.07) is 14.5. The monoisotopic (exact) mass is 269 g/mol. The van der Waals surface area contributed by atoms with Gasteiger partial charge in [-0.2, -0.15) is 0 Å². The molecular formula is C16H15NOS. The molecule has 19 heavy (non-hydrogen) atoms. The Labute approximate surface area is 116 Å². The summed E-state index contributed by atoms with van der Waals surface area (Å²) in [4.78, 5) is 4.36. The molecule has 2 aromatic carbocycles. The van der Waals surface area contributed by atoms with Crippen LogP contribution in [0, 0.1) is 6.92 Å². The minimum atomic E-state index is -0.532. The van der Waals surface area contributed by atoms with Crippen molar-refractivity contribution in [2.75, 3.05) is 0 Å². The number of aliphatic hydroxyl groups is 1. The van der Waals surface area contributed by atoms with Crippen molar-refractivity contribution in [1.29, 1.82) is 0 Å². The normalized spacial score (nSPS) is 12.7. The average molecular weight is 269 g/mol. The number of hydrogen-bond acceptors (Lipinski definition) is 3. The highest BCUT2D eigenvalue weighted by Crippen LogP contribution is 2.25. The van der Waals surface area contributed by atoms with Gasteiger partial charge in [-0.15, -0.1) is 11.3 Å². The van der Waals surface area contributed by atoms with Gasteiger partial charge in [0.1, 0.15) is 6.10 Å². The van der Waals surface area contributed by atoms with Crippen LogP contribution in [0.3, 0.4) is 0 Å². The maximum absolute atomic E-state index is 10.3. The highest BCUT2D eigenvalue weighted by molar-refractivity contribution is 7.09. The number of aryl methyl sites for hydroxylation is 1. The molecule has 1 N–H and O–H groups in total. The first kappa shape index (κ1) is 12.3. The van der Waals surface area contributed by atoms with Gasteiger partial charge in [0.05, 0.1) is 10.7 Å². The molecule has 3 rings (SSSR count). The molecule has 96 valence electrons. The fourth-order valence-corrected chi connectivity index (χ4v) is 2.98. The summed E-state index contributed by atoms with van der Waals surface area (Å²) in [6.45, 7) is 1.96. The third-order valence-electron chi connectivity index (χ3n) is 3.27. The van der Waals surface area contributed by atoms with E-state index in [0.717, 1.165) is 16.3 Å². The molecule has 0 spiro atoms. The van der Waals surface area contributed by atoms with E-state index < -0.39 is 6.10 Å². The zero-order valence-corrected chi connectivity index (χ0v) is 11.5. The number of hydrogen-bond donors (Lipinski definition) is 1. The molecule has 0 aliphatic rings. The van der Waals surface area contributed by atoms with Gasteiger partial charge in [-0.3, -0.25) is 0 Å². The van der Waals surface area contributed by atoms with E-state index in [-0.39, 0.29) is 0 Å². The Morgan fingerprint density at radius 1 is 1.16 bits per heavy atom. The Balaban J connectivity index is 1.93. The summed E-state index contributed by atoms with van der Waals surface area (Å²) in [5, 5.41) is 15.6. The van der Waals surface area contributed by atoms with E-state index in [1.54, 1.807) is 11.3 Å². The van der Waals surface area contributed by atoms with E-state index in [1.807, 2.05) is 30.5 Å². The fourth-order valence-electron chi connectivity index (χ4n) is 2.32. The lowest BCUT2D eigenvalue weighted by Gasteiger charge is -2.10. The van der Waals surface area contributed by atoms with Crippen molar-refractivity contribution in [2.24, 2.45) is 0 Å². The van der Waals surface area contributed by atoms with Crippen molar-refractivity contribution in [2.45, 2.75) is 19.4 Å². The van der Waals surface area contributed by atoms with Crippen LogP contribution in [-0.2, 0) is 6.42 Å². The standard InChI is InChI=1S/C16H15NOS/c1-11-17-15(10-19-11)16(18)9-13-7-4-6-12-5-2-3-8-14(12)13/h2-8,10,16,18H,9H2,1H3. The molecule has 0 radical (unpaired) electrons. The van der Waals surface area contributed by atoms with Gasteiger partial charge in [-0.1, -0.05) is 42.5 Å². The van der Waals surface area contributed by atoms with Crippen LogP contribution in [0.5, 0.6) is 0 Å². The Kier molecular flexibility index (Phi) is 3.32. The summed E-state index contributed by atoms with van der Waals surface area (Å²) >= 11 is 1.58. The molecule has 1 heterocycles. The summed E-state index contributed by atoms with van der Waals surface area (Å²) in [5.74, 6) is 0. The predicted octanol–water partition coefficient (Wildman–Crippen LogP) is 3.88. The predicted molar refractivity (Wildman–Crippen MR) is 79.5 cm³/mol. The Hall–Kier alpha value is -1.71. The van der Waals surface area contributed by atoms with E-state index in [4.69, 9.17) is 0 Å². The summed E-state index contributed by atoms with van der Waals surface area (Å²) in [5.41, 5.74) is 1.94. The van der Waals surface area contributed by atoms with Crippen LogP contribution in [0.15, 0.2) is 47.8 Å². The van der Waals surface area contributed by atoms with E-state index in [9.17, 15) is 5.11 Å². The molecule has 1 atom stereocenters. The van der Waals surface area contributed by atoms with Gasteiger partial charge in [0, 0.05) is 11.8 Å². The van der Waals surface area contributed by atoms with Gasteiger partial charge in [0.2, 0.25) is 0 Å². The first-order chi connectivity index (χ1) is 9.24. The van der Waals surface area contributed by atoms with Crippen LogP contribution >= 0.6 is 11.3 Å². The van der Waals surface area contributed by atoms with Crippen LogP contribution in [0.2, 0.25) is 0 Å². The number of aliphatic hydroxyl groups excluding tert-OH is 1. The third-order valence-corrected chi connectivity index (χ3v) is 4.06. The lowest BCUT2D eigenvalue weighted by Crippen LogP contribution is -2.02. The van der Waals surface area contributed by atoms with Gasteiger partial charge in [-0.25, -0.2) is 4.98 Å². The maximum Gasteiger partial charge on any atom is 0.101 e. The summed E-state index contributed by atoms with van der Waals surface area (Å²) < 4.78 is 0. The van der Waals surface area contributed by atoms with E-state index >= 15 is 0 Å². The van der Waals surface area contributed by atoms with Crippen LogP contribution in [0.1, 0.15) is 22.4 Å². The van der Waals surface area contributed by atoms with Crippen molar-refractivity contribution < 1.29 is 5.11 Å². The smallest absolute Gasteiger partial charge is 0.101 e. The van der Waals surface area contributed by atoms with E-state index in [0.29, 0.717) is 6.42 Å².